The first-order valence-corrected chi connectivity index (χ1v) is 10.3. The van der Waals surface area contributed by atoms with Crippen LogP contribution < -0.4 is 4.74 Å². The van der Waals surface area contributed by atoms with Crippen LogP contribution in [-0.2, 0) is 16.1 Å². The van der Waals surface area contributed by atoms with E-state index < -0.39 is 0 Å². The van der Waals surface area contributed by atoms with Gasteiger partial charge in [0.2, 0.25) is 0 Å². The summed E-state index contributed by atoms with van der Waals surface area (Å²) in [6, 6.07) is 17.1. The molecule has 0 atom stereocenters. The number of methoxy groups -OCH3 is 1. The van der Waals surface area contributed by atoms with Crippen LogP contribution in [-0.4, -0.2) is 29.0 Å². The summed E-state index contributed by atoms with van der Waals surface area (Å²) in [5.74, 6) is 1.25. The molecular formula is C20H16N2O4S2. The van der Waals surface area contributed by atoms with Crippen LogP contribution in [0.15, 0.2) is 63.5 Å². The molecule has 8 heteroatoms. The lowest BCUT2D eigenvalue weighted by molar-refractivity contribution is -0.141. The fourth-order valence-corrected chi connectivity index (χ4v) is 4.37. The summed E-state index contributed by atoms with van der Waals surface area (Å²) in [6.07, 6.45) is 0. The number of benzene rings is 2. The normalized spacial score (nSPS) is 10.9. The Kier molecular flexibility index (Phi) is 5.59. The van der Waals surface area contributed by atoms with E-state index in [0.29, 0.717) is 11.5 Å². The largest absolute Gasteiger partial charge is 0.497 e. The summed E-state index contributed by atoms with van der Waals surface area (Å²) in [5.41, 5.74) is 2.37. The Bertz CT molecular complexity index is 1060. The molecule has 2 aromatic heterocycles. The van der Waals surface area contributed by atoms with Gasteiger partial charge in [0.05, 0.1) is 23.1 Å². The van der Waals surface area contributed by atoms with Gasteiger partial charge in [-0.2, -0.15) is 0 Å². The lowest BCUT2D eigenvalue weighted by Gasteiger charge is -2.00. The monoisotopic (exact) mass is 412 g/mol. The molecule has 0 amide bonds. The van der Waals surface area contributed by atoms with Gasteiger partial charge in [-0.1, -0.05) is 29.1 Å². The van der Waals surface area contributed by atoms with Crippen molar-refractivity contribution in [3.05, 3.63) is 60.3 Å². The topological polar surface area (TPSA) is 74.5 Å². The van der Waals surface area contributed by atoms with E-state index in [4.69, 9.17) is 14.0 Å². The van der Waals surface area contributed by atoms with Crippen molar-refractivity contribution in [1.29, 1.82) is 0 Å². The summed E-state index contributed by atoms with van der Waals surface area (Å²) in [7, 11) is 1.62. The predicted octanol–water partition coefficient (Wildman–Crippen LogP) is 4.80. The summed E-state index contributed by atoms with van der Waals surface area (Å²) in [6.45, 7) is 0.0683. The Hall–Kier alpha value is -2.84. The zero-order valence-corrected chi connectivity index (χ0v) is 16.6. The van der Waals surface area contributed by atoms with Crippen LogP contribution in [0.5, 0.6) is 5.75 Å². The van der Waals surface area contributed by atoms with Crippen molar-refractivity contribution in [3.63, 3.8) is 0 Å². The van der Waals surface area contributed by atoms with Crippen molar-refractivity contribution in [3.8, 4) is 17.1 Å². The molecule has 0 radical (unpaired) electrons. The first-order valence-electron chi connectivity index (χ1n) is 8.45. The van der Waals surface area contributed by atoms with E-state index >= 15 is 0 Å². The molecule has 28 heavy (non-hydrogen) atoms. The number of hydrogen-bond acceptors (Lipinski definition) is 8. The van der Waals surface area contributed by atoms with E-state index in [1.807, 2.05) is 48.5 Å². The van der Waals surface area contributed by atoms with Crippen LogP contribution >= 0.6 is 23.1 Å². The molecule has 142 valence electrons. The molecule has 2 aromatic carbocycles. The smallest absolute Gasteiger partial charge is 0.316 e. The van der Waals surface area contributed by atoms with Crippen molar-refractivity contribution in [2.75, 3.05) is 12.9 Å². The maximum Gasteiger partial charge on any atom is 0.316 e. The SMILES string of the molecule is COc1ccc(-c2cc(COC(=O)CSc3nc4ccccc4s3)no2)cc1. The van der Waals surface area contributed by atoms with Crippen molar-refractivity contribution in [1.82, 2.24) is 10.1 Å². The average Bonchev–Trinajstić information content (AvgIpc) is 3.37. The number of aromatic nitrogens is 2. The van der Waals surface area contributed by atoms with Crippen LogP contribution in [0.4, 0.5) is 0 Å². The molecule has 2 heterocycles. The summed E-state index contributed by atoms with van der Waals surface area (Å²) in [4.78, 5) is 16.5. The molecular weight excluding hydrogens is 396 g/mol. The standard InChI is InChI=1S/C20H16N2O4S2/c1-24-15-8-6-13(7-9-15)17-10-14(22-26-17)11-25-19(23)12-27-20-21-16-4-2-3-5-18(16)28-20/h2-10H,11-12H2,1H3. The lowest BCUT2D eigenvalue weighted by atomic mass is 10.1. The molecule has 0 aliphatic carbocycles. The van der Waals surface area contributed by atoms with Gasteiger partial charge in [0.25, 0.3) is 0 Å². The van der Waals surface area contributed by atoms with Crippen molar-refractivity contribution < 1.29 is 18.8 Å². The molecule has 0 saturated carbocycles. The summed E-state index contributed by atoms with van der Waals surface area (Å²) in [5, 5.41) is 3.95. The van der Waals surface area contributed by atoms with Gasteiger partial charge in [-0.25, -0.2) is 4.98 Å². The number of thiazole rings is 1. The molecule has 0 aliphatic rings. The molecule has 0 spiro atoms. The number of thioether (sulfide) groups is 1. The maximum atomic E-state index is 12.0. The molecule has 0 aliphatic heterocycles. The van der Waals surface area contributed by atoms with Crippen LogP contribution in [0.3, 0.4) is 0 Å². The summed E-state index contributed by atoms with van der Waals surface area (Å²) >= 11 is 2.94. The Labute approximate surface area is 169 Å². The van der Waals surface area contributed by atoms with Gasteiger partial charge >= 0.3 is 5.97 Å². The highest BCUT2D eigenvalue weighted by atomic mass is 32.2. The van der Waals surface area contributed by atoms with Gasteiger partial charge < -0.3 is 14.0 Å². The van der Waals surface area contributed by atoms with Gasteiger partial charge in [-0.05, 0) is 36.4 Å². The van der Waals surface area contributed by atoms with Gasteiger partial charge in [-0.15, -0.1) is 11.3 Å². The number of carbonyl (C=O) groups is 1. The van der Waals surface area contributed by atoms with Crippen LogP contribution in [0.25, 0.3) is 21.5 Å². The van der Waals surface area contributed by atoms with Crippen LogP contribution in [0.1, 0.15) is 5.69 Å². The zero-order valence-electron chi connectivity index (χ0n) is 15.0. The van der Waals surface area contributed by atoms with Crippen LogP contribution in [0.2, 0.25) is 0 Å². The number of nitrogens with zero attached hydrogens (tertiary/aromatic N) is 2. The van der Waals surface area contributed by atoms with Gasteiger partial charge in [0.1, 0.15) is 18.1 Å². The molecule has 4 aromatic rings. The number of para-hydroxylation sites is 1. The van der Waals surface area contributed by atoms with Crippen molar-refractivity contribution in [2.45, 2.75) is 10.9 Å². The quantitative estimate of drug-likeness (QED) is 0.319. The highest BCUT2D eigenvalue weighted by Crippen LogP contribution is 2.29. The fraction of sp³-hybridized carbons (Fsp3) is 0.150. The third-order valence-corrected chi connectivity index (χ3v) is 6.06. The second-order valence-electron chi connectivity index (χ2n) is 5.81. The van der Waals surface area contributed by atoms with E-state index in [0.717, 1.165) is 25.9 Å². The minimum atomic E-state index is -0.321. The third-order valence-electron chi connectivity index (χ3n) is 3.90. The molecule has 0 fully saturated rings. The Balaban J connectivity index is 1.29. The first-order chi connectivity index (χ1) is 13.7. The summed E-state index contributed by atoms with van der Waals surface area (Å²) < 4.78 is 17.7. The second-order valence-corrected chi connectivity index (χ2v) is 8.06. The zero-order chi connectivity index (χ0) is 19.3. The van der Waals surface area contributed by atoms with Gasteiger partial charge in [-0.3, -0.25) is 4.79 Å². The molecule has 0 N–H and O–H groups in total. The number of esters is 1. The van der Waals surface area contributed by atoms with Gasteiger partial charge in [0.15, 0.2) is 10.1 Å². The molecule has 0 bridgehead atoms. The minimum Gasteiger partial charge on any atom is -0.497 e. The highest BCUT2D eigenvalue weighted by Gasteiger charge is 2.11. The number of carbonyl (C=O) groups excluding carboxylic acids is 1. The lowest BCUT2D eigenvalue weighted by Crippen LogP contribution is -2.07. The number of hydrogen-bond donors (Lipinski definition) is 0. The van der Waals surface area contributed by atoms with E-state index in [1.165, 1.54) is 11.8 Å². The van der Waals surface area contributed by atoms with Crippen molar-refractivity contribution >= 4 is 39.3 Å². The first kappa shape index (κ1) is 18.5. The van der Waals surface area contributed by atoms with E-state index in [9.17, 15) is 4.79 Å². The second kappa shape index (κ2) is 8.45. The Morgan fingerprint density at radius 2 is 2.00 bits per heavy atom. The molecule has 0 unspecified atom stereocenters. The average molecular weight is 412 g/mol. The fourth-order valence-electron chi connectivity index (χ4n) is 2.50. The number of fused-ring (bicyclic) bond motifs is 1. The van der Waals surface area contributed by atoms with E-state index in [1.54, 1.807) is 24.5 Å². The molecule has 6 nitrogen and oxygen atoms in total. The number of ether oxygens (including phenoxy) is 2. The van der Waals surface area contributed by atoms with Crippen LogP contribution in [0, 0.1) is 0 Å². The maximum absolute atomic E-state index is 12.0. The Morgan fingerprint density at radius 1 is 1.18 bits per heavy atom. The van der Waals surface area contributed by atoms with Crippen molar-refractivity contribution in [2.24, 2.45) is 0 Å². The predicted molar refractivity (Wildman–Crippen MR) is 109 cm³/mol. The minimum absolute atomic E-state index is 0.0683. The van der Waals surface area contributed by atoms with Gasteiger partial charge in [0, 0.05) is 11.6 Å². The van der Waals surface area contributed by atoms with E-state index in [2.05, 4.69) is 10.1 Å². The molecule has 0 saturated heterocycles. The molecule has 4 rings (SSSR count). The highest BCUT2D eigenvalue weighted by molar-refractivity contribution is 8.01. The third kappa shape index (κ3) is 4.35. The Morgan fingerprint density at radius 3 is 2.79 bits per heavy atom. The van der Waals surface area contributed by atoms with E-state index in [-0.39, 0.29) is 18.3 Å². The number of rotatable bonds is 7.